The van der Waals surface area contributed by atoms with Crippen LogP contribution in [-0.2, 0) is 14.3 Å². The van der Waals surface area contributed by atoms with Crippen LogP contribution in [0.4, 0.5) is 4.79 Å². The summed E-state index contributed by atoms with van der Waals surface area (Å²) >= 11 is 0. The predicted octanol–water partition coefficient (Wildman–Crippen LogP) is 1.82. The fraction of sp³-hybridized carbons (Fsp3) is 0.812. The minimum Gasteiger partial charge on any atom is -0.444 e. The minimum absolute atomic E-state index is 0.00373. The van der Waals surface area contributed by atoms with Gasteiger partial charge in [-0.1, -0.05) is 0 Å². The molecule has 0 radical (unpaired) electrons. The summed E-state index contributed by atoms with van der Waals surface area (Å²) in [6.07, 6.45) is 2.63. The number of hydrogen-bond acceptors (Lipinski definition) is 4. The molecular weight excluding hydrogens is 284 g/mol. The van der Waals surface area contributed by atoms with Gasteiger partial charge < -0.3 is 14.5 Å². The van der Waals surface area contributed by atoms with Crippen LogP contribution in [0.25, 0.3) is 0 Å². The van der Waals surface area contributed by atoms with Gasteiger partial charge in [0.15, 0.2) is 5.78 Å². The third-order valence-corrected chi connectivity index (χ3v) is 4.05. The van der Waals surface area contributed by atoms with Crippen LogP contribution in [0.3, 0.4) is 0 Å². The Kier molecular flexibility index (Phi) is 5.08. The van der Waals surface area contributed by atoms with Crippen LogP contribution in [0.5, 0.6) is 0 Å². The van der Waals surface area contributed by atoms with E-state index in [0.29, 0.717) is 19.0 Å². The Bertz CT molecular complexity index is 456. The lowest BCUT2D eigenvalue weighted by Gasteiger charge is -2.34. The Balaban J connectivity index is 1.79. The monoisotopic (exact) mass is 310 g/mol. The first-order valence-electron chi connectivity index (χ1n) is 8.02. The fourth-order valence-electron chi connectivity index (χ4n) is 2.97. The van der Waals surface area contributed by atoms with Gasteiger partial charge in [-0.3, -0.25) is 9.59 Å². The van der Waals surface area contributed by atoms with E-state index < -0.39 is 5.60 Å². The molecule has 6 nitrogen and oxygen atoms in total. The quantitative estimate of drug-likeness (QED) is 0.746. The number of ether oxygens (including phenoxy) is 1. The molecule has 2 heterocycles. The second-order valence-electron chi connectivity index (χ2n) is 7.25. The smallest absolute Gasteiger partial charge is 0.410 e. The molecule has 2 saturated heterocycles. The van der Waals surface area contributed by atoms with Crippen LogP contribution in [0.1, 0.15) is 46.5 Å². The van der Waals surface area contributed by atoms with Crippen molar-refractivity contribution >= 4 is 17.8 Å². The van der Waals surface area contributed by atoms with Crippen molar-refractivity contribution in [3.05, 3.63) is 0 Å². The van der Waals surface area contributed by atoms with Gasteiger partial charge in [0.05, 0.1) is 13.0 Å². The Hall–Kier alpha value is -1.59. The Morgan fingerprint density at radius 1 is 1.32 bits per heavy atom. The van der Waals surface area contributed by atoms with Crippen molar-refractivity contribution in [1.29, 1.82) is 0 Å². The number of amides is 2. The molecule has 2 aliphatic rings. The molecule has 0 aromatic carbocycles. The average Bonchev–Trinajstić information content (AvgIpc) is 2.73. The van der Waals surface area contributed by atoms with Crippen molar-refractivity contribution in [2.24, 2.45) is 5.92 Å². The number of hydrogen-bond donors (Lipinski definition) is 0. The standard InChI is InChI=1S/C16H26N2O4/c1-16(2,3)22-15(21)18-7-4-5-12(10-18)6-8-17-11-13(19)9-14(17)20/h12H,4-11H2,1-3H3. The number of ketones is 1. The number of likely N-dealkylation sites (tertiary alicyclic amines) is 2. The number of carbonyl (C=O) groups is 3. The summed E-state index contributed by atoms with van der Waals surface area (Å²) in [7, 11) is 0. The van der Waals surface area contributed by atoms with Crippen molar-refractivity contribution in [1.82, 2.24) is 9.80 Å². The summed E-state index contributed by atoms with van der Waals surface area (Å²) in [5.74, 6) is 0.304. The molecule has 2 fully saturated rings. The number of carbonyl (C=O) groups excluding carboxylic acids is 3. The summed E-state index contributed by atoms with van der Waals surface area (Å²) in [6, 6.07) is 0. The van der Waals surface area contributed by atoms with Gasteiger partial charge in [-0.15, -0.1) is 0 Å². The van der Waals surface area contributed by atoms with Gasteiger partial charge in [-0.05, 0) is 46.0 Å². The van der Waals surface area contributed by atoms with Gasteiger partial charge in [0.25, 0.3) is 0 Å². The van der Waals surface area contributed by atoms with Crippen LogP contribution in [0, 0.1) is 5.92 Å². The molecule has 2 rings (SSSR count). The van der Waals surface area contributed by atoms with Gasteiger partial charge in [-0.2, -0.15) is 0 Å². The first-order valence-corrected chi connectivity index (χ1v) is 8.02. The highest BCUT2D eigenvalue weighted by Crippen LogP contribution is 2.22. The minimum atomic E-state index is -0.480. The number of rotatable bonds is 3. The molecule has 0 saturated carbocycles. The van der Waals surface area contributed by atoms with E-state index >= 15 is 0 Å². The summed E-state index contributed by atoms with van der Waals surface area (Å²) < 4.78 is 5.41. The van der Waals surface area contributed by atoms with Crippen molar-refractivity contribution in [3.8, 4) is 0 Å². The zero-order valence-electron chi connectivity index (χ0n) is 13.8. The van der Waals surface area contributed by atoms with Gasteiger partial charge >= 0.3 is 6.09 Å². The molecule has 0 spiro atoms. The maximum atomic E-state index is 12.1. The van der Waals surface area contributed by atoms with Crippen LogP contribution >= 0.6 is 0 Å². The first-order chi connectivity index (χ1) is 10.2. The van der Waals surface area contributed by atoms with E-state index in [2.05, 4.69) is 0 Å². The normalized spacial score (nSPS) is 23.1. The third-order valence-electron chi connectivity index (χ3n) is 4.05. The lowest BCUT2D eigenvalue weighted by Crippen LogP contribution is -2.43. The molecule has 0 N–H and O–H groups in total. The second kappa shape index (κ2) is 6.67. The van der Waals surface area contributed by atoms with Gasteiger partial charge in [-0.25, -0.2) is 4.79 Å². The van der Waals surface area contributed by atoms with Gasteiger partial charge in [0, 0.05) is 19.6 Å². The molecule has 22 heavy (non-hydrogen) atoms. The predicted molar refractivity (Wildman–Crippen MR) is 81.4 cm³/mol. The third kappa shape index (κ3) is 4.71. The van der Waals surface area contributed by atoms with Crippen molar-refractivity contribution in [2.75, 3.05) is 26.2 Å². The molecule has 0 bridgehead atoms. The summed E-state index contributed by atoms with van der Waals surface area (Å²) in [5.41, 5.74) is -0.480. The molecular formula is C16H26N2O4. The highest BCUT2D eigenvalue weighted by molar-refractivity contribution is 6.05. The highest BCUT2D eigenvalue weighted by Gasteiger charge is 2.30. The lowest BCUT2D eigenvalue weighted by molar-refractivity contribution is -0.128. The fourth-order valence-corrected chi connectivity index (χ4v) is 2.97. The van der Waals surface area contributed by atoms with E-state index in [1.807, 2.05) is 20.8 Å². The highest BCUT2D eigenvalue weighted by atomic mass is 16.6. The van der Waals surface area contributed by atoms with Gasteiger partial charge in [0.1, 0.15) is 5.60 Å². The molecule has 0 aromatic rings. The van der Waals surface area contributed by atoms with Crippen LogP contribution in [-0.4, -0.2) is 59.4 Å². The zero-order chi connectivity index (χ0) is 16.3. The SMILES string of the molecule is CC(C)(C)OC(=O)N1CCCC(CCN2CC(=O)CC2=O)C1. The van der Waals surface area contributed by atoms with E-state index in [1.165, 1.54) is 0 Å². The molecule has 6 heteroatoms. The maximum Gasteiger partial charge on any atom is 0.410 e. The summed E-state index contributed by atoms with van der Waals surface area (Å²) in [5, 5.41) is 0. The second-order valence-corrected chi connectivity index (χ2v) is 7.25. The average molecular weight is 310 g/mol. The molecule has 1 atom stereocenters. The number of Topliss-reactive ketones (excluding diaryl/α,β-unsaturated/α-hetero) is 1. The molecule has 2 aliphatic heterocycles. The van der Waals surface area contributed by atoms with E-state index in [4.69, 9.17) is 4.74 Å². The van der Waals surface area contributed by atoms with Crippen LogP contribution in [0.15, 0.2) is 0 Å². The Morgan fingerprint density at radius 3 is 2.64 bits per heavy atom. The lowest BCUT2D eigenvalue weighted by atomic mass is 9.95. The van der Waals surface area contributed by atoms with E-state index in [0.717, 1.165) is 25.8 Å². The van der Waals surface area contributed by atoms with E-state index in [1.54, 1.807) is 9.80 Å². The van der Waals surface area contributed by atoms with E-state index in [9.17, 15) is 14.4 Å². The van der Waals surface area contributed by atoms with Crippen molar-refractivity contribution < 1.29 is 19.1 Å². The van der Waals surface area contributed by atoms with Crippen molar-refractivity contribution in [2.45, 2.75) is 52.1 Å². The summed E-state index contributed by atoms with van der Waals surface area (Å²) in [6.45, 7) is 7.85. The van der Waals surface area contributed by atoms with E-state index in [-0.39, 0.29) is 30.7 Å². The molecule has 1 unspecified atom stereocenters. The van der Waals surface area contributed by atoms with Gasteiger partial charge in [0.2, 0.25) is 5.91 Å². The summed E-state index contributed by atoms with van der Waals surface area (Å²) in [4.78, 5) is 38.4. The largest absolute Gasteiger partial charge is 0.444 e. The maximum absolute atomic E-state index is 12.1. The van der Waals surface area contributed by atoms with Crippen LogP contribution < -0.4 is 0 Å². The van der Waals surface area contributed by atoms with Crippen LogP contribution in [0.2, 0.25) is 0 Å². The number of piperidine rings is 1. The zero-order valence-corrected chi connectivity index (χ0v) is 13.8. The van der Waals surface area contributed by atoms with Crippen molar-refractivity contribution in [3.63, 3.8) is 0 Å². The first kappa shape index (κ1) is 16.8. The molecule has 124 valence electrons. The Morgan fingerprint density at radius 2 is 2.05 bits per heavy atom. The molecule has 2 amide bonds. The number of nitrogens with zero attached hydrogens (tertiary/aromatic N) is 2. The topological polar surface area (TPSA) is 66.9 Å². The molecule has 0 aromatic heterocycles. The molecule has 0 aliphatic carbocycles. The Labute approximate surface area is 131 Å².